The highest BCUT2D eigenvalue weighted by Gasteiger charge is 2.47. The van der Waals surface area contributed by atoms with Gasteiger partial charge in [-0.2, -0.15) is 0 Å². The van der Waals surface area contributed by atoms with E-state index in [1.54, 1.807) is 0 Å². The quantitative estimate of drug-likeness (QED) is 0.247. The molecule has 0 spiro atoms. The Morgan fingerprint density at radius 2 is 1.45 bits per heavy atom. The van der Waals surface area contributed by atoms with Crippen molar-refractivity contribution < 1.29 is 4.79 Å². The summed E-state index contributed by atoms with van der Waals surface area (Å²) in [4.78, 5) is 14.2. The minimum atomic E-state index is -1.72. The van der Waals surface area contributed by atoms with Crippen LogP contribution in [0.2, 0.25) is 25.7 Å². The van der Waals surface area contributed by atoms with Crippen molar-refractivity contribution >= 4 is 24.9 Å². The van der Waals surface area contributed by atoms with E-state index in [0.717, 1.165) is 22.6 Å². The topological polar surface area (TPSA) is 47.8 Å². The van der Waals surface area contributed by atoms with Crippen LogP contribution in [0.25, 0.3) is 11.0 Å². The first kappa shape index (κ1) is 19.3. The zero-order valence-corrected chi connectivity index (χ0v) is 18.0. The van der Waals surface area contributed by atoms with Crippen molar-refractivity contribution in [3.05, 3.63) is 96.1 Å². The van der Waals surface area contributed by atoms with Gasteiger partial charge < -0.3 is 0 Å². The second-order valence-electron chi connectivity index (χ2n) is 8.65. The van der Waals surface area contributed by atoms with Gasteiger partial charge in [-0.15, -0.1) is 5.10 Å². The van der Waals surface area contributed by atoms with E-state index in [-0.39, 0.29) is 5.78 Å². The normalized spacial score (nSPS) is 13.9. The van der Waals surface area contributed by atoms with Crippen LogP contribution in [0, 0.1) is 0 Å². The number of para-hydroxylation sites is 1. The van der Waals surface area contributed by atoms with Crippen molar-refractivity contribution in [2.75, 3.05) is 0 Å². The molecule has 1 heterocycles. The van der Waals surface area contributed by atoms with Crippen molar-refractivity contribution in [1.82, 2.24) is 15.0 Å². The van der Waals surface area contributed by atoms with Crippen molar-refractivity contribution in [3.8, 4) is 0 Å². The first-order valence-corrected chi connectivity index (χ1v) is 13.6. The molecule has 3 aromatic carbocycles. The maximum Gasteiger partial charge on any atom is 0.194 e. The van der Waals surface area contributed by atoms with Crippen LogP contribution >= 0.6 is 0 Å². The van der Waals surface area contributed by atoms with Crippen molar-refractivity contribution in [2.24, 2.45) is 0 Å². The van der Waals surface area contributed by atoms with Gasteiger partial charge in [-0.05, 0) is 23.7 Å². The first-order chi connectivity index (χ1) is 13.9. The zero-order chi connectivity index (χ0) is 20.5. The first-order valence-electron chi connectivity index (χ1n) is 9.88. The molecule has 0 saturated heterocycles. The van der Waals surface area contributed by atoms with Gasteiger partial charge in [0.25, 0.3) is 0 Å². The maximum absolute atomic E-state index is 14.2. The molecule has 1 unspecified atom stereocenters. The number of rotatable bonds is 6. The molecule has 0 saturated carbocycles. The molecule has 0 aliphatic carbocycles. The van der Waals surface area contributed by atoms with Crippen molar-refractivity contribution in [3.63, 3.8) is 0 Å². The van der Waals surface area contributed by atoms with Crippen LogP contribution in [0.3, 0.4) is 0 Å². The lowest BCUT2D eigenvalue weighted by Gasteiger charge is -2.37. The minimum absolute atomic E-state index is 0.0578. The predicted octanol–water partition coefficient (Wildman–Crippen LogP) is 5.40. The molecule has 1 aromatic heterocycles. The number of carbonyl (C=O) groups excluding carboxylic acids is 1. The van der Waals surface area contributed by atoms with Crippen LogP contribution in [-0.2, 0) is 5.54 Å². The van der Waals surface area contributed by atoms with Crippen LogP contribution in [0.1, 0.15) is 15.9 Å². The van der Waals surface area contributed by atoms with E-state index in [1.165, 1.54) is 0 Å². The fourth-order valence-electron chi connectivity index (χ4n) is 4.07. The Labute approximate surface area is 172 Å². The van der Waals surface area contributed by atoms with Gasteiger partial charge in [0, 0.05) is 13.6 Å². The monoisotopic (exact) mass is 400 g/mol. The number of benzene rings is 3. The van der Waals surface area contributed by atoms with Crippen LogP contribution in [0.15, 0.2) is 84.9 Å². The second-order valence-corrected chi connectivity index (χ2v) is 14.1. The summed E-state index contributed by atoms with van der Waals surface area (Å²) in [5.74, 6) is 0.0578. The van der Waals surface area contributed by atoms with Crippen LogP contribution in [0.4, 0.5) is 0 Å². The summed E-state index contributed by atoms with van der Waals surface area (Å²) in [6.45, 7) is 6.88. The molecule has 4 rings (SSSR count). The molecule has 0 aliphatic rings. The van der Waals surface area contributed by atoms with E-state index >= 15 is 0 Å². The van der Waals surface area contributed by atoms with Gasteiger partial charge in [-0.3, -0.25) is 4.79 Å². The third-order valence-electron chi connectivity index (χ3n) is 5.16. The molecular formula is C24H25N3OSi. The van der Waals surface area contributed by atoms with E-state index in [1.807, 2.05) is 89.6 Å². The van der Waals surface area contributed by atoms with Gasteiger partial charge in [0.15, 0.2) is 11.3 Å². The Bertz CT molecular complexity index is 1130. The lowest BCUT2D eigenvalue weighted by molar-refractivity contribution is 0.0858. The number of aromatic nitrogens is 3. The van der Waals surface area contributed by atoms with Gasteiger partial charge in [-0.25, -0.2) is 4.68 Å². The van der Waals surface area contributed by atoms with E-state index in [0.29, 0.717) is 5.56 Å². The highest BCUT2D eigenvalue weighted by molar-refractivity contribution is 6.76. The fourth-order valence-corrected chi connectivity index (χ4v) is 6.12. The third kappa shape index (κ3) is 3.54. The maximum atomic E-state index is 14.2. The Morgan fingerprint density at radius 1 is 0.862 bits per heavy atom. The molecule has 4 nitrogen and oxygen atoms in total. The molecule has 29 heavy (non-hydrogen) atoms. The lowest BCUT2D eigenvalue weighted by atomic mass is 10.1. The van der Waals surface area contributed by atoms with E-state index in [9.17, 15) is 4.79 Å². The van der Waals surface area contributed by atoms with E-state index in [4.69, 9.17) is 0 Å². The van der Waals surface area contributed by atoms with Gasteiger partial charge in [-0.1, -0.05) is 97.7 Å². The smallest absolute Gasteiger partial charge is 0.194 e. The Kier molecular flexibility index (Phi) is 4.92. The summed E-state index contributed by atoms with van der Waals surface area (Å²) in [5.41, 5.74) is 2.37. The number of nitrogens with zero attached hydrogens (tertiary/aromatic N) is 3. The van der Waals surface area contributed by atoms with Crippen molar-refractivity contribution in [1.29, 1.82) is 0 Å². The standard InChI is InChI=1S/C24H25N3OSi/c1-29(2,3)18-24(20-14-8-5-9-15-20,23(28)19-12-6-4-7-13-19)27-22-17-11-10-16-21(22)25-26-27/h4-17H,18H2,1-3H3/i24+1. The average Bonchev–Trinajstić information content (AvgIpc) is 3.17. The molecule has 4 aromatic rings. The molecule has 0 N–H and O–H groups in total. The highest BCUT2D eigenvalue weighted by atomic mass is 28.3. The second kappa shape index (κ2) is 7.41. The van der Waals surface area contributed by atoms with E-state index in [2.05, 4.69) is 30.0 Å². The number of Topliss-reactive ketones (excluding diaryl/α,β-unsaturated/α-hetero) is 1. The number of fused-ring (bicyclic) bond motifs is 1. The summed E-state index contributed by atoms with van der Waals surface area (Å²) in [6, 6.07) is 28.2. The Balaban J connectivity index is 2.07. The summed E-state index contributed by atoms with van der Waals surface area (Å²) in [6.07, 6.45) is 0. The van der Waals surface area contributed by atoms with Crippen LogP contribution < -0.4 is 0 Å². The van der Waals surface area contributed by atoms with Gasteiger partial charge in [0.1, 0.15) is 5.52 Å². The molecule has 0 amide bonds. The molecule has 0 aliphatic heterocycles. The van der Waals surface area contributed by atoms with Gasteiger partial charge in [0.05, 0.1) is 5.52 Å². The molecule has 146 valence electrons. The van der Waals surface area contributed by atoms with Crippen LogP contribution in [-0.4, -0.2) is 28.9 Å². The third-order valence-corrected chi connectivity index (χ3v) is 6.73. The summed E-state index contributed by atoms with van der Waals surface area (Å²) in [5, 5.41) is 8.94. The molecule has 0 fully saturated rings. The number of hydrogen-bond donors (Lipinski definition) is 0. The van der Waals surface area contributed by atoms with Crippen molar-refractivity contribution in [2.45, 2.75) is 31.2 Å². The Hall–Kier alpha value is -3.05. The molecule has 1 atom stereocenters. The van der Waals surface area contributed by atoms with Gasteiger partial charge >= 0.3 is 0 Å². The highest BCUT2D eigenvalue weighted by Crippen LogP contribution is 2.39. The fraction of sp³-hybridized carbons (Fsp3) is 0.208. The van der Waals surface area contributed by atoms with Gasteiger partial charge in [0.2, 0.25) is 0 Å². The molecule has 5 heteroatoms. The number of carbonyl (C=O) groups is 1. The summed E-state index contributed by atoms with van der Waals surface area (Å²) < 4.78 is 1.87. The molecule has 0 radical (unpaired) electrons. The molecule has 0 bridgehead atoms. The Morgan fingerprint density at radius 3 is 2.10 bits per heavy atom. The predicted molar refractivity (Wildman–Crippen MR) is 120 cm³/mol. The lowest BCUT2D eigenvalue weighted by Crippen LogP contribution is -2.48. The largest absolute Gasteiger partial charge is 0.291 e. The minimum Gasteiger partial charge on any atom is -0.291 e. The average molecular weight is 401 g/mol. The number of hydrogen-bond acceptors (Lipinski definition) is 3. The summed E-state index contributed by atoms with van der Waals surface area (Å²) in [7, 11) is -1.72. The molecular weight excluding hydrogens is 375 g/mol. The SMILES string of the molecule is C[Si](C)(C)C[13C](C(=O)c1ccccc1)(c1ccccc1)n1nnc2ccccc21. The van der Waals surface area contributed by atoms with E-state index < -0.39 is 13.6 Å². The summed E-state index contributed by atoms with van der Waals surface area (Å²) >= 11 is 0. The van der Waals surface area contributed by atoms with Crippen LogP contribution in [0.5, 0.6) is 0 Å². The number of ketones is 1. The zero-order valence-electron chi connectivity index (χ0n) is 17.0.